The molecule has 2 aromatic carbocycles. The lowest BCUT2D eigenvalue weighted by molar-refractivity contribution is -0.130. The quantitative estimate of drug-likeness (QED) is 0.593. The molecule has 0 fully saturated rings. The van der Waals surface area contributed by atoms with Gasteiger partial charge in [0, 0.05) is 0 Å². The van der Waals surface area contributed by atoms with Crippen LogP contribution in [0.3, 0.4) is 0 Å². The number of benzene rings is 2. The van der Waals surface area contributed by atoms with E-state index in [0.29, 0.717) is 0 Å². The molecule has 2 N–H and O–H groups in total. The van der Waals surface area contributed by atoms with Gasteiger partial charge in [0.2, 0.25) is 0 Å². The van der Waals surface area contributed by atoms with E-state index in [1.165, 1.54) is 30.3 Å². The first-order valence-electron chi connectivity index (χ1n) is 7.87. The van der Waals surface area contributed by atoms with Crippen LogP contribution in [0, 0.1) is 5.82 Å². The molecule has 2 aromatic rings. The van der Waals surface area contributed by atoms with Crippen molar-refractivity contribution in [2.45, 2.75) is 0 Å². The van der Waals surface area contributed by atoms with E-state index in [4.69, 9.17) is 4.74 Å². The first-order chi connectivity index (χ1) is 13.0. The number of halogens is 1. The number of amides is 4. The molecule has 1 heterocycles. The third-order valence-corrected chi connectivity index (χ3v) is 3.72. The number of nitrogens with one attached hydrogen (secondary N) is 2. The van der Waals surface area contributed by atoms with E-state index in [1.54, 1.807) is 18.2 Å². The number of fused-ring (bicyclic) bond motifs is 1. The van der Waals surface area contributed by atoms with Gasteiger partial charge in [0.1, 0.15) is 6.54 Å². The van der Waals surface area contributed by atoms with Crippen molar-refractivity contribution in [2.75, 3.05) is 13.2 Å². The van der Waals surface area contributed by atoms with Gasteiger partial charge in [-0.2, -0.15) is 0 Å². The molecule has 4 amide bonds. The molecule has 0 aromatic heterocycles. The maximum Gasteiger partial charge on any atom is 0.276 e. The normalized spacial score (nSPS) is 12.6. The van der Waals surface area contributed by atoms with Gasteiger partial charge in [-0.25, -0.2) is 4.39 Å². The van der Waals surface area contributed by atoms with Gasteiger partial charge in [-0.15, -0.1) is 0 Å². The smallest absolute Gasteiger partial charge is 0.276 e. The van der Waals surface area contributed by atoms with Crippen LogP contribution in [-0.2, 0) is 9.59 Å². The fourth-order valence-electron chi connectivity index (χ4n) is 2.45. The van der Waals surface area contributed by atoms with E-state index < -0.39 is 42.6 Å². The Bertz CT molecular complexity index is 896. The minimum Gasteiger partial charge on any atom is -0.481 e. The molecule has 1 aliphatic heterocycles. The van der Waals surface area contributed by atoms with Crippen molar-refractivity contribution in [2.24, 2.45) is 0 Å². The molecule has 27 heavy (non-hydrogen) atoms. The Labute approximate surface area is 152 Å². The molecule has 3 rings (SSSR count). The summed E-state index contributed by atoms with van der Waals surface area (Å²) in [6.45, 7) is -1.09. The Morgan fingerprint density at radius 3 is 2.07 bits per heavy atom. The highest BCUT2D eigenvalue weighted by Crippen LogP contribution is 2.21. The Hall–Kier alpha value is -3.75. The molecule has 0 radical (unpaired) electrons. The van der Waals surface area contributed by atoms with Gasteiger partial charge in [0.25, 0.3) is 23.6 Å². The van der Waals surface area contributed by atoms with Gasteiger partial charge >= 0.3 is 0 Å². The summed E-state index contributed by atoms with van der Waals surface area (Å²) >= 11 is 0. The van der Waals surface area contributed by atoms with Crippen LogP contribution in [0.5, 0.6) is 5.75 Å². The minimum atomic E-state index is -0.774. The first-order valence-corrected chi connectivity index (χ1v) is 7.87. The Balaban J connectivity index is 1.48. The number of carbonyl (C=O) groups is 4. The third-order valence-electron chi connectivity index (χ3n) is 3.72. The van der Waals surface area contributed by atoms with Crippen molar-refractivity contribution < 1.29 is 28.3 Å². The first kappa shape index (κ1) is 18.1. The van der Waals surface area contributed by atoms with Crippen molar-refractivity contribution in [3.63, 3.8) is 0 Å². The SMILES string of the molecule is O=C(COc1ccccc1F)NNC(=O)CN1C(=O)c2ccccc2C1=O. The van der Waals surface area contributed by atoms with Crippen molar-refractivity contribution >= 4 is 23.6 Å². The molecular weight excluding hydrogens is 357 g/mol. The van der Waals surface area contributed by atoms with Gasteiger partial charge in [0.15, 0.2) is 18.2 Å². The molecule has 138 valence electrons. The third kappa shape index (κ3) is 3.92. The molecule has 0 bridgehead atoms. The van der Waals surface area contributed by atoms with Crippen molar-refractivity contribution in [1.82, 2.24) is 15.8 Å². The van der Waals surface area contributed by atoms with Gasteiger partial charge in [-0.3, -0.25) is 34.9 Å². The monoisotopic (exact) mass is 371 g/mol. The molecule has 0 saturated heterocycles. The van der Waals surface area contributed by atoms with Crippen molar-refractivity contribution in [3.8, 4) is 5.75 Å². The van der Waals surface area contributed by atoms with E-state index in [-0.39, 0.29) is 16.9 Å². The summed E-state index contributed by atoms with van der Waals surface area (Å²) in [5.74, 6) is -3.41. The Morgan fingerprint density at radius 2 is 1.44 bits per heavy atom. The highest BCUT2D eigenvalue weighted by Gasteiger charge is 2.36. The second kappa shape index (κ2) is 7.65. The molecular formula is C18H14FN3O5. The number of carbonyl (C=O) groups excluding carboxylic acids is 4. The van der Waals surface area contributed by atoms with Crippen LogP contribution in [0.25, 0.3) is 0 Å². The Kier molecular flexibility index (Phi) is 5.11. The lowest BCUT2D eigenvalue weighted by Gasteiger charge is -2.14. The predicted octanol–water partition coefficient (Wildman–Crippen LogP) is 0.648. The lowest BCUT2D eigenvalue weighted by atomic mass is 10.1. The van der Waals surface area contributed by atoms with E-state index in [2.05, 4.69) is 10.9 Å². The van der Waals surface area contributed by atoms with Crippen LogP contribution in [0.2, 0.25) is 0 Å². The number of ether oxygens (including phenoxy) is 1. The lowest BCUT2D eigenvalue weighted by Crippen LogP contribution is -2.48. The summed E-state index contributed by atoms with van der Waals surface area (Å²) in [5.41, 5.74) is 4.57. The van der Waals surface area contributed by atoms with Crippen molar-refractivity contribution in [3.05, 3.63) is 65.5 Å². The highest BCUT2D eigenvalue weighted by atomic mass is 19.1. The number of hydrazine groups is 1. The van der Waals surface area contributed by atoms with Crippen LogP contribution in [0.15, 0.2) is 48.5 Å². The number of imide groups is 1. The summed E-state index contributed by atoms with van der Waals surface area (Å²) in [5, 5.41) is 0. The largest absolute Gasteiger partial charge is 0.481 e. The van der Waals surface area contributed by atoms with E-state index in [0.717, 1.165) is 4.90 Å². The molecule has 9 heteroatoms. The van der Waals surface area contributed by atoms with Crippen LogP contribution < -0.4 is 15.6 Å². The zero-order chi connectivity index (χ0) is 19.4. The van der Waals surface area contributed by atoms with Crippen LogP contribution in [0.4, 0.5) is 4.39 Å². The maximum absolute atomic E-state index is 13.4. The zero-order valence-electron chi connectivity index (χ0n) is 13.9. The second-order valence-electron chi connectivity index (χ2n) is 5.56. The Morgan fingerprint density at radius 1 is 0.889 bits per heavy atom. The molecule has 0 atom stereocenters. The molecule has 0 aliphatic carbocycles. The number of hydrogen-bond acceptors (Lipinski definition) is 5. The summed E-state index contributed by atoms with van der Waals surface area (Å²) < 4.78 is 18.4. The summed E-state index contributed by atoms with van der Waals surface area (Å²) in [6, 6.07) is 11.8. The van der Waals surface area contributed by atoms with E-state index >= 15 is 0 Å². The molecule has 8 nitrogen and oxygen atoms in total. The molecule has 0 saturated carbocycles. The summed E-state index contributed by atoms with van der Waals surface area (Å²) in [7, 11) is 0. The van der Waals surface area contributed by atoms with E-state index in [9.17, 15) is 23.6 Å². The van der Waals surface area contributed by atoms with Gasteiger partial charge < -0.3 is 4.74 Å². The van der Waals surface area contributed by atoms with Crippen LogP contribution in [0.1, 0.15) is 20.7 Å². The summed E-state index contributed by atoms with van der Waals surface area (Å²) in [4.78, 5) is 48.6. The maximum atomic E-state index is 13.4. The van der Waals surface area contributed by atoms with Crippen molar-refractivity contribution in [1.29, 1.82) is 0 Å². The fraction of sp³-hybridized carbons (Fsp3) is 0.111. The number of hydrogen-bond donors (Lipinski definition) is 2. The molecule has 0 spiro atoms. The standard InChI is InChI=1S/C18H14FN3O5/c19-13-7-3-4-8-14(13)27-10-16(24)21-20-15(23)9-22-17(25)11-5-1-2-6-12(11)18(22)26/h1-8H,9-10H2,(H,20,23)(H,21,24). The van der Waals surface area contributed by atoms with Crippen LogP contribution >= 0.6 is 0 Å². The van der Waals surface area contributed by atoms with E-state index in [1.807, 2.05) is 0 Å². The summed E-state index contributed by atoms with van der Waals surface area (Å²) in [6.07, 6.45) is 0. The number of rotatable bonds is 5. The van der Waals surface area contributed by atoms with Crippen LogP contribution in [-0.4, -0.2) is 41.7 Å². The fourth-order valence-corrected chi connectivity index (χ4v) is 2.45. The number of para-hydroxylation sites is 1. The topological polar surface area (TPSA) is 105 Å². The zero-order valence-corrected chi connectivity index (χ0v) is 13.9. The average Bonchev–Trinajstić information content (AvgIpc) is 2.91. The average molecular weight is 371 g/mol. The highest BCUT2D eigenvalue weighted by molar-refractivity contribution is 6.22. The van der Waals surface area contributed by atoms with Gasteiger partial charge in [0.05, 0.1) is 11.1 Å². The second-order valence-corrected chi connectivity index (χ2v) is 5.56. The van der Waals surface area contributed by atoms with Gasteiger partial charge in [-0.1, -0.05) is 24.3 Å². The minimum absolute atomic E-state index is 0.106. The molecule has 1 aliphatic rings. The molecule has 0 unspecified atom stereocenters. The number of nitrogens with zero attached hydrogens (tertiary/aromatic N) is 1. The predicted molar refractivity (Wildman–Crippen MR) is 90.0 cm³/mol. The van der Waals surface area contributed by atoms with Gasteiger partial charge in [-0.05, 0) is 24.3 Å².